The number of primary amides is 1. The van der Waals surface area contributed by atoms with Gasteiger partial charge in [0.05, 0.1) is 24.1 Å². The topological polar surface area (TPSA) is 132 Å². The number of aryl methyl sites for hydroxylation is 1. The average molecular weight is 620 g/mol. The number of benzene rings is 2. The maximum absolute atomic E-state index is 14.2. The minimum atomic E-state index is -0.658. The van der Waals surface area contributed by atoms with Gasteiger partial charge in [0.25, 0.3) is 5.91 Å². The van der Waals surface area contributed by atoms with Crippen molar-refractivity contribution in [3.05, 3.63) is 81.2 Å². The fourth-order valence-electron chi connectivity index (χ4n) is 5.91. The molecule has 2 aromatic carbocycles. The van der Waals surface area contributed by atoms with E-state index in [2.05, 4.69) is 10.3 Å². The highest BCUT2D eigenvalue weighted by molar-refractivity contribution is 6.34. The van der Waals surface area contributed by atoms with E-state index in [-0.39, 0.29) is 29.1 Å². The van der Waals surface area contributed by atoms with Gasteiger partial charge >= 0.3 is 0 Å². The first kappa shape index (κ1) is 28.7. The molecule has 220 valence electrons. The van der Waals surface area contributed by atoms with Crippen molar-refractivity contribution < 1.29 is 19.1 Å². The summed E-state index contributed by atoms with van der Waals surface area (Å²) in [6, 6.07) is 9.77. The molecule has 1 saturated heterocycles. The summed E-state index contributed by atoms with van der Waals surface area (Å²) >= 11 is 12.8. The Morgan fingerprint density at radius 2 is 1.77 bits per heavy atom. The van der Waals surface area contributed by atoms with Gasteiger partial charge in [-0.1, -0.05) is 23.2 Å². The molecule has 2 aromatic heterocycles. The molecule has 0 spiro atoms. The number of nitrogens with zero attached hydrogens (tertiary/aromatic N) is 4. The summed E-state index contributed by atoms with van der Waals surface area (Å²) < 4.78 is 7.44. The Morgan fingerprint density at radius 1 is 1.02 bits per heavy atom. The lowest BCUT2D eigenvalue weighted by Gasteiger charge is -2.38. The largest absolute Gasteiger partial charge is 0.496 e. The molecule has 1 fully saturated rings. The van der Waals surface area contributed by atoms with Crippen molar-refractivity contribution in [1.82, 2.24) is 25.0 Å². The van der Waals surface area contributed by atoms with Crippen LogP contribution in [-0.4, -0.2) is 63.1 Å². The normalized spacial score (nSPS) is 17.6. The van der Waals surface area contributed by atoms with Crippen LogP contribution in [0.2, 0.25) is 10.0 Å². The first-order valence-electron chi connectivity index (χ1n) is 13.7. The SMILES string of the molecule is COc1cc2c(cc1-c1cncc(C(N)=O)c1)-c1c(c(C(=O)N3[C@@H](C)CNC(=O)[C@@H]3C)nn1-c1cc(Cl)cc(Cl)c1)CC2. The van der Waals surface area contributed by atoms with E-state index in [0.29, 0.717) is 57.7 Å². The monoisotopic (exact) mass is 618 g/mol. The zero-order chi connectivity index (χ0) is 30.6. The molecule has 3 amide bonds. The third-order valence-electron chi connectivity index (χ3n) is 8.01. The van der Waals surface area contributed by atoms with E-state index in [0.717, 1.165) is 16.7 Å². The number of rotatable bonds is 5. The minimum absolute atomic E-state index is 0.213. The Kier molecular flexibility index (Phi) is 7.35. The second-order valence-electron chi connectivity index (χ2n) is 10.7. The molecule has 3 heterocycles. The molecule has 0 saturated carbocycles. The van der Waals surface area contributed by atoms with Gasteiger partial charge in [-0.15, -0.1) is 0 Å². The van der Waals surface area contributed by atoms with Crippen LogP contribution < -0.4 is 15.8 Å². The van der Waals surface area contributed by atoms with Crippen molar-refractivity contribution >= 4 is 40.9 Å². The Labute approximate surface area is 257 Å². The Bertz CT molecular complexity index is 1800. The number of hydrogen-bond acceptors (Lipinski definition) is 6. The van der Waals surface area contributed by atoms with Gasteiger partial charge in [-0.3, -0.25) is 19.4 Å². The minimum Gasteiger partial charge on any atom is -0.496 e. The summed E-state index contributed by atoms with van der Waals surface area (Å²) in [6.45, 7) is 3.97. The highest BCUT2D eigenvalue weighted by Gasteiger charge is 2.39. The number of ether oxygens (including phenoxy) is 1. The zero-order valence-electron chi connectivity index (χ0n) is 23.6. The molecule has 2 aliphatic rings. The van der Waals surface area contributed by atoms with Crippen LogP contribution in [0.1, 0.15) is 45.8 Å². The number of carbonyl (C=O) groups is 3. The molecule has 2 atom stereocenters. The van der Waals surface area contributed by atoms with E-state index in [1.807, 2.05) is 19.1 Å². The molecule has 1 aliphatic heterocycles. The van der Waals surface area contributed by atoms with Crippen LogP contribution in [0.5, 0.6) is 5.75 Å². The summed E-state index contributed by atoms with van der Waals surface area (Å²) in [6.07, 6.45) is 4.19. The molecule has 3 N–H and O–H groups in total. The Hall–Kier alpha value is -4.41. The van der Waals surface area contributed by atoms with Crippen LogP contribution in [0.15, 0.2) is 48.8 Å². The van der Waals surface area contributed by atoms with Gasteiger partial charge in [0, 0.05) is 57.3 Å². The number of nitrogens with one attached hydrogen (secondary N) is 1. The molecule has 1 aliphatic carbocycles. The molecular weight excluding hydrogens is 591 g/mol. The van der Waals surface area contributed by atoms with Crippen molar-refractivity contribution in [2.45, 2.75) is 38.8 Å². The quantitative estimate of drug-likeness (QED) is 0.339. The molecule has 0 radical (unpaired) electrons. The standard InChI is InChI=1S/C31H28Cl2N6O4/c1-15-12-36-30(41)16(2)38(15)31(42)27-23-5-4-17-7-26(43-3)24(18-6-19(29(34)40)14-35-13-18)11-25(17)28(23)39(37-27)22-9-20(32)8-21(33)10-22/h6-11,13-16H,4-5,12H2,1-3H3,(H2,34,40)(H,36,41)/t15-,16-/m0/s1. The smallest absolute Gasteiger partial charge is 0.275 e. The van der Waals surface area contributed by atoms with Gasteiger partial charge in [-0.2, -0.15) is 5.10 Å². The number of methoxy groups -OCH3 is 1. The van der Waals surface area contributed by atoms with Crippen molar-refractivity contribution in [2.24, 2.45) is 5.73 Å². The highest BCUT2D eigenvalue weighted by Crippen LogP contribution is 2.43. The predicted molar refractivity (Wildman–Crippen MR) is 163 cm³/mol. The van der Waals surface area contributed by atoms with E-state index in [1.54, 1.807) is 54.1 Å². The van der Waals surface area contributed by atoms with Crippen LogP contribution >= 0.6 is 23.2 Å². The van der Waals surface area contributed by atoms with Gasteiger partial charge in [-0.25, -0.2) is 4.68 Å². The number of hydrogen-bond donors (Lipinski definition) is 2. The van der Waals surface area contributed by atoms with E-state index in [4.69, 9.17) is 38.8 Å². The highest BCUT2D eigenvalue weighted by atomic mass is 35.5. The number of aromatic nitrogens is 3. The van der Waals surface area contributed by atoms with Crippen molar-refractivity contribution in [3.8, 4) is 33.8 Å². The third-order valence-corrected chi connectivity index (χ3v) is 8.45. The molecule has 43 heavy (non-hydrogen) atoms. The van der Waals surface area contributed by atoms with Gasteiger partial charge in [-0.05, 0) is 68.7 Å². The molecule has 0 unspecified atom stereocenters. The molecule has 4 aromatic rings. The second kappa shape index (κ2) is 11.0. The maximum atomic E-state index is 14.2. The molecule has 12 heteroatoms. The lowest BCUT2D eigenvalue weighted by molar-refractivity contribution is -0.128. The summed E-state index contributed by atoms with van der Waals surface area (Å²) in [7, 11) is 1.58. The Balaban J connectivity index is 1.59. The fourth-order valence-corrected chi connectivity index (χ4v) is 6.42. The van der Waals surface area contributed by atoms with Crippen LogP contribution in [0.25, 0.3) is 28.1 Å². The first-order chi connectivity index (χ1) is 20.6. The van der Waals surface area contributed by atoms with Crippen molar-refractivity contribution in [3.63, 3.8) is 0 Å². The summed E-state index contributed by atoms with van der Waals surface area (Å²) in [5.74, 6) is -0.535. The van der Waals surface area contributed by atoms with E-state index < -0.39 is 11.9 Å². The molecular formula is C31H28Cl2N6O4. The maximum Gasteiger partial charge on any atom is 0.275 e. The van der Waals surface area contributed by atoms with Crippen molar-refractivity contribution in [2.75, 3.05) is 13.7 Å². The van der Waals surface area contributed by atoms with Crippen LogP contribution in [0.3, 0.4) is 0 Å². The van der Waals surface area contributed by atoms with Crippen LogP contribution in [0, 0.1) is 0 Å². The predicted octanol–water partition coefficient (Wildman–Crippen LogP) is 4.46. The number of pyridine rings is 1. The van der Waals surface area contributed by atoms with Gasteiger partial charge in [0.1, 0.15) is 11.8 Å². The van der Waals surface area contributed by atoms with E-state index in [9.17, 15) is 14.4 Å². The number of carbonyl (C=O) groups excluding carboxylic acids is 3. The van der Waals surface area contributed by atoms with Crippen molar-refractivity contribution in [1.29, 1.82) is 0 Å². The average Bonchev–Trinajstić information content (AvgIpc) is 3.38. The zero-order valence-corrected chi connectivity index (χ0v) is 25.2. The number of fused-ring (bicyclic) bond motifs is 3. The summed E-state index contributed by atoms with van der Waals surface area (Å²) in [5, 5.41) is 8.54. The number of nitrogens with two attached hydrogens (primary N) is 1. The molecule has 6 rings (SSSR count). The number of halogens is 2. The molecule has 10 nitrogen and oxygen atoms in total. The number of amides is 3. The van der Waals surface area contributed by atoms with E-state index in [1.165, 1.54) is 6.20 Å². The van der Waals surface area contributed by atoms with Gasteiger partial charge in [0.2, 0.25) is 11.8 Å². The fraction of sp³-hybridized carbons (Fsp3) is 0.258. The van der Waals surface area contributed by atoms with E-state index >= 15 is 0 Å². The van der Waals surface area contributed by atoms with Crippen LogP contribution in [-0.2, 0) is 17.6 Å². The molecule has 0 bridgehead atoms. The number of piperazine rings is 1. The van der Waals surface area contributed by atoms with Gasteiger partial charge < -0.3 is 20.7 Å². The third kappa shape index (κ3) is 5.00. The lowest BCUT2D eigenvalue weighted by Crippen LogP contribution is -2.60. The van der Waals surface area contributed by atoms with Gasteiger partial charge in [0.15, 0.2) is 5.69 Å². The summed E-state index contributed by atoms with van der Waals surface area (Å²) in [4.78, 5) is 44.4. The second-order valence-corrected chi connectivity index (χ2v) is 11.6. The van der Waals surface area contributed by atoms with Crippen LogP contribution in [0.4, 0.5) is 0 Å². The summed E-state index contributed by atoms with van der Waals surface area (Å²) in [5.41, 5.74) is 11.2. The lowest BCUT2D eigenvalue weighted by atomic mass is 9.86. The Morgan fingerprint density at radius 3 is 2.47 bits per heavy atom. The first-order valence-corrected chi connectivity index (χ1v) is 14.5.